The summed E-state index contributed by atoms with van der Waals surface area (Å²) in [6, 6.07) is 6.49. The molecule has 0 unspecified atom stereocenters. The smallest absolute Gasteiger partial charge is 0.335 e. The molecular weight excluding hydrogens is 378 g/mol. The van der Waals surface area contributed by atoms with E-state index in [1.807, 2.05) is 0 Å². The minimum absolute atomic E-state index is 0.0137. The molecule has 1 aromatic carbocycles. The molecular formula is C17H20ClN3O4S. The highest BCUT2D eigenvalue weighted by atomic mass is 35.5. The maximum Gasteiger partial charge on any atom is 0.335 e. The highest BCUT2D eigenvalue weighted by molar-refractivity contribution is 7.90. The second-order valence-corrected chi connectivity index (χ2v) is 8.70. The zero-order valence-electron chi connectivity index (χ0n) is 14.2. The lowest BCUT2D eigenvalue weighted by Crippen LogP contribution is -2.31. The molecule has 7 nitrogen and oxygen atoms in total. The summed E-state index contributed by atoms with van der Waals surface area (Å²) < 4.78 is 30.0. The summed E-state index contributed by atoms with van der Waals surface area (Å²) in [5.74, 6) is -0.225. The number of sulfone groups is 1. The third kappa shape index (κ3) is 4.82. The molecule has 1 heterocycles. The summed E-state index contributed by atoms with van der Waals surface area (Å²) in [7, 11) is -3.76. The van der Waals surface area contributed by atoms with Crippen LogP contribution in [0.5, 0.6) is 0 Å². The molecule has 0 aliphatic heterocycles. The number of benzene rings is 1. The van der Waals surface area contributed by atoms with Gasteiger partial charge >= 0.3 is 5.22 Å². The lowest BCUT2D eigenvalue weighted by Gasteiger charge is -2.20. The van der Waals surface area contributed by atoms with Crippen molar-refractivity contribution >= 4 is 27.3 Å². The molecule has 0 spiro atoms. The minimum atomic E-state index is -3.76. The van der Waals surface area contributed by atoms with E-state index in [4.69, 9.17) is 16.0 Å². The van der Waals surface area contributed by atoms with Gasteiger partial charge in [0.25, 0.3) is 0 Å². The van der Waals surface area contributed by atoms with Crippen molar-refractivity contribution in [2.75, 3.05) is 0 Å². The molecule has 0 radical (unpaired) electrons. The number of nitrogens with zero attached hydrogens (tertiary/aromatic N) is 2. The Balaban J connectivity index is 1.59. The first-order chi connectivity index (χ1) is 12.4. The van der Waals surface area contributed by atoms with Crippen LogP contribution in [0.2, 0.25) is 5.02 Å². The van der Waals surface area contributed by atoms with Crippen molar-refractivity contribution < 1.29 is 17.6 Å². The van der Waals surface area contributed by atoms with E-state index in [1.54, 1.807) is 24.3 Å². The van der Waals surface area contributed by atoms with Gasteiger partial charge in [-0.3, -0.25) is 4.79 Å². The fourth-order valence-corrected chi connectivity index (χ4v) is 4.24. The molecule has 1 amide bonds. The first kappa shape index (κ1) is 18.8. The number of amides is 1. The van der Waals surface area contributed by atoms with Crippen LogP contribution in [0.4, 0.5) is 0 Å². The molecule has 0 bridgehead atoms. The second kappa shape index (κ2) is 8.18. The largest absolute Gasteiger partial charge is 0.411 e. The summed E-state index contributed by atoms with van der Waals surface area (Å²) in [6.45, 7) is 0.0266. The van der Waals surface area contributed by atoms with Gasteiger partial charge in [-0.1, -0.05) is 48.1 Å². The summed E-state index contributed by atoms with van der Waals surface area (Å²) in [5.41, 5.74) is 0.569. The lowest BCUT2D eigenvalue weighted by molar-refractivity contribution is -0.126. The van der Waals surface area contributed by atoms with Crippen LogP contribution < -0.4 is 5.32 Å². The van der Waals surface area contributed by atoms with Gasteiger partial charge < -0.3 is 9.73 Å². The highest BCUT2D eigenvalue weighted by Crippen LogP contribution is 2.23. The summed E-state index contributed by atoms with van der Waals surface area (Å²) >= 11 is 5.79. The fraction of sp³-hybridized carbons (Fsp3) is 0.471. The van der Waals surface area contributed by atoms with Crippen LogP contribution in [0.25, 0.3) is 0 Å². The standard InChI is InChI=1S/C17H20ClN3O4S/c18-14-8-6-12(7-9-14)11-26(23,24)17-21-20-15(25-17)10-19-16(22)13-4-2-1-3-5-13/h6-9,13H,1-5,10-11H2,(H,19,22). The highest BCUT2D eigenvalue weighted by Gasteiger charge is 2.24. The first-order valence-corrected chi connectivity index (χ1v) is 10.5. The van der Waals surface area contributed by atoms with Crippen LogP contribution in [0.3, 0.4) is 0 Å². The number of carbonyl (C=O) groups excluding carboxylic acids is 1. The van der Waals surface area contributed by atoms with E-state index in [0.29, 0.717) is 10.6 Å². The number of halogens is 1. The third-order valence-electron chi connectivity index (χ3n) is 4.37. The molecule has 2 aromatic rings. The van der Waals surface area contributed by atoms with E-state index in [-0.39, 0.29) is 30.0 Å². The Morgan fingerprint density at radius 1 is 1.15 bits per heavy atom. The third-order valence-corrected chi connectivity index (χ3v) is 6.04. The molecule has 1 aliphatic rings. The normalized spacial score (nSPS) is 15.7. The molecule has 3 rings (SSSR count). The van der Waals surface area contributed by atoms with Gasteiger partial charge in [-0.05, 0) is 30.5 Å². The van der Waals surface area contributed by atoms with Crippen LogP contribution in [0, 0.1) is 5.92 Å². The van der Waals surface area contributed by atoms with Gasteiger partial charge in [0.1, 0.15) is 0 Å². The fourth-order valence-electron chi connectivity index (χ4n) is 2.97. The van der Waals surface area contributed by atoms with E-state index in [1.165, 1.54) is 6.42 Å². The average Bonchev–Trinajstić information content (AvgIpc) is 3.12. The van der Waals surface area contributed by atoms with Gasteiger partial charge in [0, 0.05) is 10.9 Å². The number of carbonyl (C=O) groups is 1. The Morgan fingerprint density at radius 3 is 2.54 bits per heavy atom. The maximum absolute atomic E-state index is 12.4. The van der Waals surface area contributed by atoms with Crippen LogP contribution >= 0.6 is 11.6 Å². The topological polar surface area (TPSA) is 102 Å². The van der Waals surface area contributed by atoms with Crippen molar-refractivity contribution in [1.29, 1.82) is 0 Å². The number of aromatic nitrogens is 2. The molecule has 26 heavy (non-hydrogen) atoms. The second-order valence-electron chi connectivity index (χ2n) is 6.40. The average molecular weight is 398 g/mol. The van der Waals surface area contributed by atoms with E-state index in [9.17, 15) is 13.2 Å². The molecule has 9 heteroatoms. The number of nitrogens with one attached hydrogen (secondary N) is 1. The van der Waals surface area contributed by atoms with Crippen molar-refractivity contribution in [2.45, 2.75) is 49.6 Å². The van der Waals surface area contributed by atoms with Gasteiger partial charge in [-0.2, -0.15) is 0 Å². The Morgan fingerprint density at radius 2 is 1.85 bits per heavy atom. The van der Waals surface area contributed by atoms with Gasteiger partial charge in [0.2, 0.25) is 21.6 Å². The SMILES string of the molecule is O=C(NCc1nnc(S(=O)(=O)Cc2ccc(Cl)cc2)o1)C1CCCCC1. The van der Waals surface area contributed by atoms with E-state index >= 15 is 0 Å². The number of rotatable bonds is 6. The quantitative estimate of drug-likeness (QED) is 0.803. The van der Waals surface area contributed by atoms with E-state index in [0.717, 1.165) is 25.7 Å². The molecule has 1 aromatic heterocycles. The van der Waals surface area contributed by atoms with Crippen molar-refractivity contribution in [2.24, 2.45) is 5.92 Å². The van der Waals surface area contributed by atoms with Gasteiger partial charge in [0.15, 0.2) is 0 Å². The Kier molecular flexibility index (Phi) is 5.93. The molecule has 0 saturated heterocycles. The van der Waals surface area contributed by atoms with E-state index < -0.39 is 15.1 Å². The molecule has 1 N–H and O–H groups in total. The zero-order chi connectivity index (χ0) is 18.6. The molecule has 140 valence electrons. The summed E-state index contributed by atoms with van der Waals surface area (Å²) in [6.07, 6.45) is 5.06. The van der Waals surface area contributed by atoms with Crippen molar-refractivity contribution in [3.05, 3.63) is 40.7 Å². The van der Waals surface area contributed by atoms with Crippen molar-refractivity contribution in [1.82, 2.24) is 15.5 Å². The summed E-state index contributed by atoms with van der Waals surface area (Å²) in [4.78, 5) is 12.1. The molecule has 1 aliphatic carbocycles. The van der Waals surface area contributed by atoms with Crippen LogP contribution in [-0.2, 0) is 26.9 Å². The predicted octanol–water partition coefficient (Wildman–Crippen LogP) is 2.89. The van der Waals surface area contributed by atoms with Gasteiger partial charge in [-0.25, -0.2) is 8.42 Å². The lowest BCUT2D eigenvalue weighted by atomic mass is 9.89. The first-order valence-electron chi connectivity index (χ1n) is 8.51. The van der Waals surface area contributed by atoms with Gasteiger partial charge in [0.05, 0.1) is 12.3 Å². The Bertz CT molecular complexity index is 858. The Hall–Kier alpha value is -1.93. The number of hydrogen-bond donors (Lipinski definition) is 1. The minimum Gasteiger partial charge on any atom is -0.411 e. The molecule has 0 atom stereocenters. The van der Waals surface area contributed by atoms with Crippen molar-refractivity contribution in [3.8, 4) is 0 Å². The van der Waals surface area contributed by atoms with E-state index in [2.05, 4.69) is 15.5 Å². The van der Waals surface area contributed by atoms with Crippen molar-refractivity contribution in [3.63, 3.8) is 0 Å². The molecule has 1 fully saturated rings. The van der Waals surface area contributed by atoms with Crippen LogP contribution in [0.1, 0.15) is 43.6 Å². The van der Waals surface area contributed by atoms with Crippen LogP contribution in [0.15, 0.2) is 33.9 Å². The monoisotopic (exact) mass is 397 g/mol. The zero-order valence-corrected chi connectivity index (χ0v) is 15.7. The van der Waals surface area contributed by atoms with Crippen LogP contribution in [-0.4, -0.2) is 24.5 Å². The van der Waals surface area contributed by atoms with Gasteiger partial charge in [-0.15, -0.1) is 5.10 Å². The number of hydrogen-bond acceptors (Lipinski definition) is 6. The maximum atomic E-state index is 12.4. The summed E-state index contributed by atoms with van der Waals surface area (Å²) in [5, 5.41) is 10.2. The molecule has 1 saturated carbocycles. The Labute approximate surface area is 157 Å². The predicted molar refractivity (Wildman–Crippen MR) is 95.1 cm³/mol.